The monoisotopic (exact) mass is 269 g/mol. The molecule has 1 fully saturated rings. The van der Waals surface area contributed by atoms with Crippen LogP contribution in [0.15, 0.2) is 0 Å². The Bertz CT molecular complexity index is 228. The zero-order valence-corrected chi connectivity index (χ0v) is 13.8. The molecule has 0 aromatic rings. The first-order chi connectivity index (χ1) is 9.15. The highest BCUT2D eigenvalue weighted by atomic mass is 15.3. The van der Waals surface area contributed by atoms with Crippen LogP contribution in [-0.4, -0.2) is 61.2 Å². The van der Waals surface area contributed by atoms with Gasteiger partial charge in [0.15, 0.2) is 0 Å². The van der Waals surface area contributed by atoms with Gasteiger partial charge in [-0.3, -0.25) is 4.90 Å². The second-order valence-corrected chi connectivity index (χ2v) is 5.97. The Morgan fingerprint density at radius 1 is 1.21 bits per heavy atom. The molecule has 1 aliphatic heterocycles. The molecule has 1 aliphatic rings. The van der Waals surface area contributed by atoms with Crippen LogP contribution >= 0.6 is 0 Å². The number of likely N-dealkylation sites (tertiary alicyclic amines) is 1. The normalized spacial score (nSPS) is 24.0. The van der Waals surface area contributed by atoms with Crippen LogP contribution in [0, 0.1) is 5.92 Å². The molecule has 0 aliphatic carbocycles. The smallest absolute Gasteiger partial charge is 0.0235 e. The van der Waals surface area contributed by atoms with E-state index >= 15 is 0 Å². The van der Waals surface area contributed by atoms with Crippen molar-refractivity contribution in [2.75, 3.05) is 39.3 Å². The van der Waals surface area contributed by atoms with Gasteiger partial charge in [-0.15, -0.1) is 0 Å². The Morgan fingerprint density at radius 2 is 1.89 bits per heavy atom. The Balaban J connectivity index is 2.44. The largest absolute Gasteiger partial charge is 0.313 e. The Kier molecular flexibility index (Phi) is 7.96. The van der Waals surface area contributed by atoms with E-state index in [0.717, 1.165) is 18.5 Å². The first-order valence-corrected chi connectivity index (χ1v) is 8.35. The van der Waals surface area contributed by atoms with Crippen molar-refractivity contribution in [3.05, 3.63) is 0 Å². The fraction of sp³-hybridized carbons (Fsp3) is 1.00. The lowest BCUT2D eigenvalue weighted by Gasteiger charge is -2.30. The van der Waals surface area contributed by atoms with E-state index in [2.05, 4.69) is 49.7 Å². The van der Waals surface area contributed by atoms with Gasteiger partial charge in [-0.1, -0.05) is 41.0 Å². The predicted octanol–water partition coefficient (Wildman–Crippen LogP) is 2.43. The lowest BCUT2D eigenvalue weighted by Crippen LogP contribution is -2.45. The number of likely N-dealkylation sites (N-methyl/N-ethyl adjacent to an activating group) is 2. The molecular formula is C16H35N3. The number of hydrogen-bond acceptors (Lipinski definition) is 3. The topological polar surface area (TPSA) is 18.5 Å². The van der Waals surface area contributed by atoms with Gasteiger partial charge >= 0.3 is 0 Å². The molecule has 1 heterocycles. The fourth-order valence-corrected chi connectivity index (χ4v) is 3.29. The van der Waals surface area contributed by atoms with Crippen LogP contribution in [0.3, 0.4) is 0 Å². The minimum Gasteiger partial charge on any atom is -0.313 e. The van der Waals surface area contributed by atoms with Crippen molar-refractivity contribution in [1.82, 2.24) is 15.1 Å². The van der Waals surface area contributed by atoms with Gasteiger partial charge in [-0.05, 0) is 38.5 Å². The fourth-order valence-electron chi connectivity index (χ4n) is 3.29. The molecule has 3 atom stereocenters. The third kappa shape index (κ3) is 5.05. The number of nitrogens with one attached hydrogen (secondary N) is 1. The van der Waals surface area contributed by atoms with E-state index in [1.54, 1.807) is 0 Å². The molecule has 114 valence electrons. The molecule has 1 saturated heterocycles. The van der Waals surface area contributed by atoms with Crippen molar-refractivity contribution in [3.63, 3.8) is 0 Å². The summed E-state index contributed by atoms with van der Waals surface area (Å²) in [5.41, 5.74) is 0. The number of hydrogen-bond donors (Lipinski definition) is 1. The lowest BCUT2D eigenvalue weighted by molar-refractivity contribution is 0.196. The van der Waals surface area contributed by atoms with Crippen molar-refractivity contribution in [2.24, 2.45) is 5.92 Å². The van der Waals surface area contributed by atoms with Crippen molar-refractivity contribution in [2.45, 2.75) is 59.5 Å². The highest BCUT2D eigenvalue weighted by Gasteiger charge is 2.28. The van der Waals surface area contributed by atoms with E-state index in [4.69, 9.17) is 0 Å². The predicted molar refractivity (Wildman–Crippen MR) is 84.7 cm³/mol. The highest BCUT2D eigenvalue weighted by molar-refractivity contribution is 4.86. The van der Waals surface area contributed by atoms with Crippen molar-refractivity contribution in [1.29, 1.82) is 0 Å². The van der Waals surface area contributed by atoms with E-state index in [-0.39, 0.29) is 0 Å². The Hall–Kier alpha value is -0.120. The number of nitrogens with zero attached hydrogens (tertiary/aromatic N) is 2. The maximum absolute atomic E-state index is 3.68. The molecule has 19 heavy (non-hydrogen) atoms. The summed E-state index contributed by atoms with van der Waals surface area (Å²) in [6, 6.07) is 1.44. The van der Waals surface area contributed by atoms with Gasteiger partial charge in [0, 0.05) is 25.2 Å². The van der Waals surface area contributed by atoms with Crippen LogP contribution in [0.1, 0.15) is 47.5 Å². The van der Waals surface area contributed by atoms with Gasteiger partial charge in [0.25, 0.3) is 0 Å². The zero-order chi connectivity index (χ0) is 14.3. The standard InChI is InChI=1S/C16H35N3/c1-6-14(5)16(17-7-2)13-18-11-10-15(12-18)19(8-3)9-4/h14-17H,6-13H2,1-5H3. The summed E-state index contributed by atoms with van der Waals surface area (Å²) in [5, 5.41) is 3.68. The quantitative estimate of drug-likeness (QED) is 0.693. The van der Waals surface area contributed by atoms with Gasteiger partial charge < -0.3 is 10.2 Å². The maximum Gasteiger partial charge on any atom is 0.0235 e. The van der Waals surface area contributed by atoms with Crippen LogP contribution in [0.25, 0.3) is 0 Å². The molecule has 3 heteroatoms. The van der Waals surface area contributed by atoms with Crippen LogP contribution in [0.2, 0.25) is 0 Å². The highest BCUT2D eigenvalue weighted by Crippen LogP contribution is 2.18. The Labute approximate surface area is 120 Å². The van der Waals surface area contributed by atoms with Crippen molar-refractivity contribution >= 4 is 0 Å². The molecule has 1 rings (SSSR count). The van der Waals surface area contributed by atoms with Gasteiger partial charge in [0.05, 0.1) is 0 Å². The first-order valence-electron chi connectivity index (χ1n) is 8.35. The van der Waals surface area contributed by atoms with E-state index < -0.39 is 0 Å². The molecule has 0 aromatic heterocycles. The second kappa shape index (κ2) is 8.93. The molecular weight excluding hydrogens is 234 g/mol. The van der Waals surface area contributed by atoms with Gasteiger partial charge in [0.2, 0.25) is 0 Å². The number of rotatable bonds is 9. The van der Waals surface area contributed by atoms with E-state index in [9.17, 15) is 0 Å². The maximum atomic E-state index is 3.68. The third-order valence-corrected chi connectivity index (χ3v) is 4.83. The summed E-state index contributed by atoms with van der Waals surface area (Å²) in [6.45, 7) is 18.7. The molecule has 3 unspecified atom stereocenters. The molecule has 0 spiro atoms. The van der Waals surface area contributed by atoms with Crippen LogP contribution in [0.4, 0.5) is 0 Å². The molecule has 0 amide bonds. The second-order valence-electron chi connectivity index (χ2n) is 5.97. The molecule has 0 aromatic carbocycles. The van der Waals surface area contributed by atoms with Gasteiger partial charge in [0.1, 0.15) is 0 Å². The van der Waals surface area contributed by atoms with Crippen molar-refractivity contribution in [3.8, 4) is 0 Å². The van der Waals surface area contributed by atoms with Crippen molar-refractivity contribution < 1.29 is 0 Å². The molecule has 0 saturated carbocycles. The minimum absolute atomic E-state index is 0.658. The molecule has 1 N–H and O–H groups in total. The lowest BCUT2D eigenvalue weighted by atomic mass is 9.98. The summed E-state index contributed by atoms with van der Waals surface area (Å²) in [5.74, 6) is 0.771. The summed E-state index contributed by atoms with van der Waals surface area (Å²) >= 11 is 0. The summed E-state index contributed by atoms with van der Waals surface area (Å²) < 4.78 is 0. The van der Waals surface area contributed by atoms with E-state index in [1.807, 2.05) is 0 Å². The molecule has 0 radical (unpaired) electrons. The Morgan fingerprint density at radius 3 is 2.42 bits per heavy atom. The van der Waals surface area contributed by atoms with E-state index in [0.29, 0.717) is 6.04 Å². The summed E-state index contributed by atoms with van der Waals surface area (Å²) in [4.78, 5) is 5.29. The van der Waals surface area contributed by atoms with Crippen LogP contribution in [0.5, 0.6) is 0 Å². The molecule has 3 nitrogen and oxygen atoms in total. The summed E-state index contributed by atoms with van der Waals surface area (Å²) in [6.07, 6.45) is 2.62. The SMILES string of the molecule is CCNC(CN1CCC(N(CC)CC)C1)C(C)CC. The first kappa shape index (κ1) is 16.9. The minimum atomic E-state index is 0.658. The van der Waals surface area contributed by atoms with E-state index in [1.165, 1.54) is 45.6 Å². The van der Waals surface area contributed by atoms with Gasteiger partial charge in [-0.25, -0.2) is 0 Å². The van der Waals surface area contributed by atoms with Crippen LogP contribution < -0.4 is 5.32 Å². The third-order valence-electron chi connectivity index (χ3n) is 4.83. The summed E-state index contributed by atoms with van der Waals surface area (Å²) in [7, 11) is 0. The molecule has 0 bridgehead atoms. The average molecular weight is 269 g/mol. The van der Waals surface area contributed by atoms with Gasteiger partial charge in [-0.2, -0.15) is 0 Å². The average Bonchev–Trinajstić information content (AvgIpc) is 2.87. The zero-order valence-electron chi connectivity index (χ0n) is 13.8. The van der Waals surface area contributed by atoms with Crippen LogP contribution in [-0.2, 0) is 0 Å².